The summed E-state index contributed by atoms with van der Waals surface area (Å²) in [5, 5.41) is 3.22. The van der Waals surface area contributed by atoms with Crippen LogP contribution in [0.3, 0.4) is 0 Å². The summed E-state index contributed by atoms with van der Waals surface area (Å²) in [7, 11) is -2.35. The van der Waals surface area contributed by atoms with E-state index in [0.717, 1.165) is 5.56 Å². The van der Waals surface area contributed by atoms with Gasteiger partial charge in [-0.25, -0.2) is 18.2 Å². The van der Waals surface area contributed by atoms with Crippen molar-refractivity contribution < 1.29 is 32.2 Å². The molecule has 3 aromatic rings. The van der Waals surface area contributed by atoms with Gasteiger partial charge in [0.25, 0.3) is 0 Å². The highest BCUT2D eigenvalue weighted by molar-refractivity contribution is 7.91. The van der Waals surface area contributed by atoms with E-state index in [1.165, 1.54) is 31.5 Å². The molecule has 11 heteroatoms. The Bertz CT molecular complexity index is 1480. The van der Waals surface area contributed by atoms with Crippen LogP contribution in [0.2, 0.25) is 0 Å². The quantitative estimate of drug-likeness (QED) is 0.324. The molecule has 1 aromatic heterocycles. The topological polar surface area (TPSA) is 124 Å². The number of esters is 1. The van der Waals surface area contributed by atoms with Gasteiger partial charge in [-0.1, -0.05) is 30.3 Å². The summed E-state index contributed by atoms with van der Waals surface area (Å²) in [6.07, 6.45) is 2.22. The van der Waals surface area contributed by atoms with Gasteiger partial charge < -0.3 is 24.4 Å². The summed E-state index contributed by atoms with van der Waals surface area (Å²) in [5.41, 5.74) is 0.926. The van der Waals surface area contributed by atoms with Crippen LogP contribution in [0.15, 0.2) is 82.8 Å². The van der Waals surface area contributed by atoms with Crippen molar-refractivity contribution in [3.05, 3.63) is 84.1 Å². The number of methoxy groups -OCH3 is 1. The normalized spacial score (nSPS) is 15.0. The lowest BCUT2D eigenvalue weighted by Crippen LogP contribution is -2.49. The molecule has 0 saturated carbocycles. The number of ether oxygens (including phenoxy) is 3. The number of carbonyl (C=O) groups excluding carboxylic acids is 2. The predicted molar refractivity (Wildman–Crippen MR) is 160 cm³/mol. The van der Waals surface area contributed by atoms with Gasteiger partial charge in [0.05, 0.1) is 12.0 Å². The van der Waals surface area contributed by atoms with Crippen molar-refractivity contribution >= 4 is 21.9 Å². The molecule has 10 nitrogen and oxygen atoms in total. The zero-order valence-electron chi connectivity index (χ0n) is 25.0. The van der Waals surface area contributed by atoms with E-state index in [2.05, 4.69) is 10.3 Å². The Labute approximate surface area is 253 Å². The van der Waals surface area contributed by atoms with Crippen molar-refractivity contribution in [3.8, 4) is 5.75 Å². The molecule has 0 spiro atoms. The minimum absolute atomic E-state index is 0.0918. The zero-order chi connectivity index (χ0) is 31.0. The van der Waals surface area contributed by atoms with E-state index < -0.39 is 27.4 Å². The highest BCUT2D eigenvalue weighted by atomic mass is 32.2. The minimum atomic E-state index is -3.86. The van der Waals surface area contributed by atoms with Crippen LogP contribution in [-0.4, -0.2) is 62.2 Å². The van der Waals surface area contributed by atoms with Crippen LogP contribution >= 0.6 is 0 Å². The number of pyridine rings is 1. The summed E-state index contributed by atoms with van der Waals surface area (Å²) >= 11 is 0. The van der Waals surface area contributed by atoms with Gasteiger partial charge in [0.2, 0.25) is 9.84 Å². The molecular weight excluding hydrogens is 570 g/mol. The van der Waals surface area contributed by atoms with E-state index >= 15 is 0 Å². The molecule has 1 amide bonds. The summed E-state index contributed by atoms with van der Waals surface area (Å²) in [6.45, 7) is 6.72. The molecule has 0 bridgehead atoms. The monoisotopic (exact) mass is 609 g/mol. The fourth-order valence-corrected chi connectivity index (χ4v) is 6.06. The van der Waals surface area contributed by atoms with Crippen molar-refractivity contribution in [2.75, 3.05) is 20.2 Å². The number of rotatable bonds is 10. The third kappa shape index (κ3) is 8.77. The number of amides is 1. The number of likely N-dealkylation sites (tertiary alicyclic amines) is 1. The van der Waals surface area contributed by atoms with Crippen molar-refractivity contribution in [1.29, 1.82) is 0 Å². The van der Waals surface area contributed by atoms with Crippen LogP contribution in [0.5, 0.6) is 5.75 Å². The number of nitrogens with one attached hydrogen (secondary N) is 1. The smallest absolute Gasteiger partial charge is 0.410 e. The van der Waals surface area contributed by atoms with Crippen LogP contribution in [0, 0.1) is 5.92 Å². The molecule has 1 aliphatic heterocycles. The molecule has 0 unspecified atom stereocenters. The molecule has 1 N–H and O–H groups in total. The summed E-state index contributed by atoms with van der Waals surface area (Å²) in [6, 6.07) is 18.1. The highest BCUT2D eigenvalue weighted by Gasteiger charge is 2.35. The summed E-state index contributed by atoms with van der Waals surface area (Å²) in [4.78, 5) is 31.8. The summed E-state index contributed by atoms with van der Waals surface area (Å²) < 4.78 is 42.8. The second kappa shape index (κ2) is 14.0. The predicted octanol–water partition coefficient (Wildman–Crippen LogP) is 4.77. The number of benzene rings is 2. The van der Waals surface area contributed by atoms with Crippen molar-refractivity contribution in [3.63, 3.8) is 0 Å². The van der Waals surface area contributed by atoms with Crippen molar-refractivity contribution in [2.45, 2.75) is 68.3 Å². The van der Waals surface area contributed by atoms with E-state index in [1.54, 1.807) is 23.1 Å². The van der Waals surface area contributed by atoms with E-state index in [-0.39, 0.29) is 35.1 Å². The number of nitrogens with zero attached hydrogens (tertiary/aromatic N) is 2. The lowest BCUT2D eigenvalue weighted by Gasteiger charge is -2.36. The Hall–Kier alpha value is -3.96. The number of carbonyl (C=O) groups is 2. The van der Waals surface area contributed by atoms with Gasteiger partial charge in [-0.15, -0.1) is 0 Å². The van der Waals surface area contributed by atoms with Crippen molar-refractivity contribution in [2.24, 2.45) is 5.92 Å². The Kier molecular flexibility index (Phi) is 10.4. The largest absolute Gasteiger partial charge is 0.497 e. The second-order valence-corrected chi connectivity index (χ2v) is 13.3. The number of hydrogen-bond acceptors (Lipinski definition) is 9. The van der Waals surface area contributed by atoms with Crippen LogP contribution < -0.4 is 10.1 Å². The average Bonchev–Trinajstić information content (AvgIpc) is 3.00. The maximum Gasteiger partial charge on any atom is 0.410 e. The first-order valence-electron chi connectivity index (χ1n) is 14.2. The lowest BCUT2D eigenvalue weighted by molar-refractivity contribution is -0.149. The van der Waals surface area contributed by atoms with E-state index in [0.29, 0.717) is 37.2 Å². The fraction of sp³-hybridized carbons (Fsp3) is 0.406. The molecule has 43 heavy (non-hydrogen) atoms. The maximum atomic E-state index is 13.4. The molecule has 0 radical (unpaired) electrons. The Morgan fingerprint density at radius 3 is 2.30 bits per heavy atom. The van der Waals surface area contributed by atoms with Crippen LogP contribution in [0.25, 0.3) is 0 Å². The molecule has 4 rings (SSSR count). The number of hydrogen-bond donors (Lipinski definition) is 1. The van der Waals surface area contributed by atoms with Crippen LogP contribution in [0.4, 0.5) is 4.79 Å². The molecule has 1 fully saturated rings. The maximum absolute atomic E-state index is 13.4. The van der Waals surface area contributed by atoms with Gasteiger partial charge >= 0.3 is 12.1 Å². The van der Waals surface area contributed by atoms with E-state index in [9.17, 15) is 18.0 Å². The fourth-order valence-electron chi connectivity index (χ4n) is 4.81. The average molecular weight is 610 g/mol. The van der Waals surface area contributed by atoms with Crippen molar-refractivity contribution in [1.82, 2.24) is 15.2 Å². The first-order chi connectivity index (χ1) is 20.5. The molecule has 1 aliphatic rings. The molecule has 0 aliphatic carbocycles. The Balaban J connectivity index is 1.47. The first-order valence-corrected chi connectivity index (χ1v) is 15.7. The van der Waals surface area contributed by atoms with Gasteiger partial charge in [0, 0.05) is 25.8 Å². The first kappa shape index (κ1) is 32.0. The molecule has 2 heterocycles. The number of piperidine rings is 1. The van der Waals surface area contributed by atoms with Gasteiger partial charge in [0.1, 0.15) is 24.0 Å². The SMILES string of the molecule is COc1ccc(S(=O)(=O)c2cc(CN[C@@H](C(=O)OCc3ccccc3)C3CCN(C(=O)OC(C)(C)C)CC3)ccn2)cc1. The Morgan fingerprint density at radius 1 is 1.00 bits per heavy atom. The minimum Gasteiger partial charge on any atom is -0.497 e. The lowest BCUT2D eigenvalue weighted by atomic mass is 9.89. The molecular formula is C32H39N3O7S. The Morgan fingerprint density at radius 2 is 1.67 bits per heavy atom. The van der Waals surface area contributed by atoms with Crippen LogP contribution in [0.1, 0.15) is 44.7 Å². The number of aromatic nitrogens is 1. The zero-order valence-corrected chi connectivity index (χ0v) is 25.8. The van der Waals surface area contributed by atoms with Gasteiger partial charge in [-0.2, -0.15) is 0 Å². The third-order valence-electron chi connectivity index (χ3n) is 7.11. The molecule has 2 aromatic carbocycles. The van der Waals surface area contributed by atoms with Crippen LogP contribution in [-0.2, 0) is 37.3 Å². The van der Waals surface area contributed by atoms with Gasteiger partial charge in [-0.3, -0.25) is 4.79 Å². The molecule has 1 saturated heterocycles. The van der Waals surface area contributed by atoms with E-state index in [4.69, 9.17) is 14.2 Å². The highest BCUT2D eigenvalue weighted by Crippen LogP contribution is 2.25. The van der Waals surface area contributed by atoms with E-state index in [1.807, 2.05) is 51.1 Å². The number of sulfone groups is 1. The second-order valence-electron chi connectivity index (χ2n) is 11.4. The summed E-state index contributed by atoms with van der Waals surface area (Å²) in [5.74, 6) is 0.0398. The van der Waals surface area contributed by atoms with Gasteiger partial charge in [0.15, 0.2) is 5.03 Å². The molecule has 1 atom stereocenters. The molecule has 230 valence electrons. The third-order valence-corrected chi connectivity index (χ3v) is 8.78. The van der Waals surface area contributed by atoms with Gasteiger partial charge in [-0.05, 0) is 87.1 Å². The standard InChI is InChI=1S/C32H39N3O7S/c1-32(2,3)42-31(37)35-18-15-25(16-19-35)29(30(36)41-22-23-8-6-5-7-9-23)34-21-24-14-17-33-28(20-24)43(38,39)27-12-10-26(40-4)11-13-27/h5-14,17,20,25,29,34H,15-16,18-19,21-22H2,1-4H3/t29-/m1/s1.